The van der Waals surface area contributed by atoms with Crippen LogP contribution in [0.25, 0.3) is 0 Å². The van der Waals surface area contributed by atoms with E-state index in [1.165, 1.54) is 45.8 Å². The Hall–Kier alpha value is -2.73. The van der Waals surface area contributed by atoms with Crippen LogP contribution in [0, 0.1) is 5.41 Å². The lowest BCUT2D eigenvalue weighted by Gasteiger charge is -2.53. The number of nitrogens with one attached hydrogen (secondary N) is 2. The van der Waals surface area contributed by atoms with Crippen molar-refractivity contribution in [3.05, 3.63) is 28.2 Å². The zero-order valence-electron chi connectivity index (χ0n) is 18.7. The van der Waals surface area contributed by atoms with Crippen molar-refractivity contribution in [2.45, 2.75) is 15.8 Å². The molecule has 0 bridgehead atoms. The SMILES string of the molecule is C=CCON=C(C(=O)NC1C(=O)N2CC(CSc3nncs3)(C(=O)O)CS[C@H]12)c1nc(NC=O)sc1Cl. The van der Waals surface area contributed by atoms with Gasteiger partial charge in [0.25, 0.3) is 5.91 Å². The second-order valence-electron chi connectivity index (χ2n) is 7.63. The molecule has 18 heteroatoms. The Labute approximate surface area is 231 Å². The number of fused-ring (bicyclic) bond motifs is 1. The smallest absolute Gasteiger partial charge is 0.313 e. The molecule has 2 aliphatic rings. The van der Waals surface area contributed by atoms with Crippen LogP contribution in [0.3, 0.4) is 0 Å². The number of amides is 3. The number of β-lactam (4-membered cyclic amide) rings is 1. The van der Waals surface area contributed by atoms with Crippen molar-refractivity contribution in [3.63, 3.8) is 0 Å². The number of rotatable bonds is 12. The highest BCUT2D eigenvalue weighted by atomic mass is 35.5. The van der Waals surface area contributed by atoms with Crippen molar-refractivity contribution < 1.29 is 29.1 Å². The van der Waals surface area contributed by atoms with Gasteiger partial charge in [-0.1, -0.05) is 63.8 Å². The number of halogens is 1. The predicted octanol–water partition coefficient (Wildman–Crippen LogP) is 1.39. The zero-order chi connectivity index (χ0) is 26.6. The maximum atomic E-state index is 13.1. The van der Waals surface area contributed by atoms with E-state index in [-0.39, 0.29) is 45.5 Å². The number of carbonyl (C=O) groups is 4. The van der Waals surface area contributed by atoms with Crippen LogP contribution in [-0.4, -0.2) is 91.2 Å². The summed E-state index contributed by atoms with van der Waals surface area (Å²) in [4.78, 5) is 59.6. The number of carbonyl (C=O) groups excluding carboxylic acids is 3. The van der Waals surface area contributed by atoms with Crippen LogP contribution < -0.4 is 10.6 Å². The first-order chi connectivity index (χ1) is 17.8. The van der Waals surface area contributed by atoms with E-state index in [0.29, 0.717) is 10.7 Å². The fourth-order valence-electron chi connectivity index (χ4n) is 3.45. The molecule has 2 saturated heterocycles. The molecule has 0 saturated carbocycles. The largest absolute Gasteiger partial charge is 0.481 e. The number of thioether (sulfide) groups is 2. The predicted molar refractivity (Wildman–Crippen MR) is 140 cm³/mol. The Morgan fingerprint density at radius 2 is 2.30 bits per heavy atom. The number of hydrogen-bond acceptors (Lipinski definition) is 13. The summed E-state index contributed by atoms with van der Waals surface area (Å²) in [6, 6.07) is -0.908. The standard InChI is InChI=1S/C19H18ClN7O6S4/c1-2-3-33-26-10(9-12(20)37-17(24-9)21-7-28)13(29)23-11-14(30)27-4-19(16(31)32,5-34-15(11)27)6-35-18-25-22-8-36-18/h2,7-8,11,15H,1,3-6H2,(H,23,29)(H,31,32)(H,21,24,28)/t11?,15-,19?/m1/s1. The van der Waals surface area contributed by atoms with Crippen LogP contribution in [-0.2, 0) is 24.0 Å². The molecule has 196 valence electrons. The average molecular weight is 604 g/mol. The molecule has 0 spiro atoms. The third-order valence-electron chi connectivity index (χ3n) is 5.25. The van der Waals surface area contributed by atoms with E-state index in [4.69, 9.17) is 16.4 Å². The van der Waals surface area contributed by atoms with Gasteiger partial charge in [0, 0.05) is 18.1 Å². The molecule has 3 atom stereocenters. The van der Waals surface area contributed by atoms with Crippen molar-refractivity contribution >= 4 is 92.8 Å². The van der Waals surface area contributed by atoms with E-state index in [1.54, 1.807) is 5.51 Å². The fourth-order valence-corrected chi connectivity index (χ4v) is 7.80. The quantitative estimate of drug-likeness (QED) is 0.0607. The number of carboxylic acid groups (broad SMARTS) is 1. The van der Waals surface area contributed by atoms with Crippen molar-refractivity contribution in [1.82, 2.24) is 25.4 Å². The highest BCUT2D eigenvalue weighted by Gasteiger charge is 2.57. The Bertz CT molecular complexity index is 1240. The Balaban J connectivity index is 1.46. The monoisotopic (exact) mass is 603 g/mol. The lowest BCUT2D eigenvalue weighted by Crippen LogP contribution is -2.74. The van der Waals surface area contributed by atoms with Crippen LogP contribution in [0.1, 0.15) is 5.69 Å². The van der Waals surface area contributed by atoms with E-state index >= 15 is 0 Å². The lowest BCUT2D eigenvalue weighted by molar-refractivity contribution is -0.157. The molecule has 2 aromatic heterocycles. The second-order valence-corrected chi connectivity index (χ2v) is 12.4. The van der Waals surface area contributed by atoms with Gasteiger partial charge in [0.05, 0.1) is 0 Å². The topological polar surface area (TPSA) is 176 Å². The zero-order valence-corrected chi connectivity index (χ0v) is 22.7. The van der Waals surface area contributed by atoms with E-state index < -0.39 is 34.6 Å². The van der Waals surface area contributed by atoms with Gasteiger partial charge >= 0.3 is 5.97 Å². The molecular formula is C19H18ClN7O6S4. The summed E-state index contributed by atoms with van der Waals surface area (Å²) in [7, 11) is 0. The van der Waals surface area contributed by atoms with Gasteiger partial charge in [-0.2, -0.15) is 0 Å². The number of anilines is 1. The van der Waals surface area contributed by atoms with Crippen molar-refractivity contribution in [2.24, 2.45) is 10.6 Å². The summed E-state index contributed by atoms with van der Waals surface area (Å²) < 4.78 is 0.721. The number of aliphatic carboxylic acids is 1. The Morgan fingerprint density at radius 3 is 2.97 bits per heavy atom. The number of thiazole rings is 1. The molecular weight excluding hydrogens is 586 g/mol. The van der Waals surface area contributed by atoms with Crippen LogP contribution in [0.5, 0.6) is 0 Å². The molecule has 3 amide bonds. The number of hydrogen-bond donors (Lipinski definition) is 3. The fraction of sp³-hybridized carbons (Fsp3) is 0.368. The number of nitrogens with zero attached hydrogens (tertiary/aromatic N) is 5. The van der Waals surface area contributed by atoms with E-state index in [9.17, 15) is 24.3 Å². The molecule has 2 unspecified atom stereocenters. The van der Waals surface area contributed by atoms with Gasteiger partial charge in [-0.25, -0.2) is 4.98 Å². The summed E-state index contributed by atoms with van der Waals surface area (Å²) in [6.45, 7) is 3.51. The maximum absolute atomic E-state index is 13.1. The minimum absolute atomic E-state index is 0.000954. The van der Waals surface area contributed by atoms with Crippen LogP contribution in [0.2, 0.25) is 4.34 Å². The number of aromatic nitrogens is 3. The summed E-state index contributed by atoms with van der Waals surface area (Å²) in [6.07, 6.45) is 1.83. The molecule has 4 rings (SSSR count). The van der Waals surface area contributed by atoms with Crippen molar-refractivity contribution in [2.75, 3.05) is 30.0 Å². The maximum Gasteiger partial charge on any atom is 0.313 e. The van der Waals surface area contributed by atoms with Crippen LogP contribution in [0.15, 0.2) is 27.7 Å². The first kappa shape index (κ1) is 27.3. The molecule has 0 aromatic carbocycles. The normalized spacial score (nSPS) is 23.0. The molecule has 2 fully saturated rings. The van der Waals surface area contributed by atoms with Gasteiger partial charge in [-0.15, -0.1) is 22.0 Å². The first-order valence-corrected chi connectivity index (χ1v) is 14.4. The van der Waals surface area contributed by atoms with Gasteiger partial charge < -0.3 is 25.5 Å². The molecule has 3 N–H and O–H groups in total. The van der Waals surface area contributed by atoms with E-state index in [1.807, 2.05) is 0 Å². The molecule has 0 radical (unpaired) electrons. The molecule has 2 aliphatic heterocycles. The molecule has 2 aromatic rings. The third-order valence-corrected chi connectivity index (χ3v) is 10.2. The lowest BCUT2D eigenvalue weighted by atomic mass is 9.89. The van der Waals surface area contributed by atoms with Crippen molar-refractivity contribution in [1.29, 1.82) is 0 Å². The van der Waals surface area contributed by atoms with Crippen LogP contribution >= 0.6 is 57.8 Å². The highest BCUT2D eigenvalue weighted by molar-refractivity contribution is 8.01. The van der Waals surface area contributed by atoms with Gasteiger partial charge in [0.1, 0.15) is 39.0 Å². The number of carboxylic acids is 1. The summed E-state index contributed by atoms with van der Waals surface area (Å²) >= 11 is 11.0. The Kier molecular flexibility index (Phi) is 8.68. The van der Waals surface area contributed by atoms with Crippen LogP contribution in [0.4, 0.5) is 5.13 Å². The minimum atomic E-state index is -1.18. The molecule has 4 heterocycles. The van der Waals surface area contributed by atoms with Gasteiger partial charge in [0.15, 0.2) is 15.2 Å². The third kappa shape index (κ3) is 5.74. The van der Waals surface area contributed by atoms with Gasteiger partial charge in [0.2, 0.25) is 12.3 Å². The summed E-state index contributed by atoms with van der Waals surface area (Å²) in [5.74, 6) is -1.75. The highest BCUT2D eigenvalue weighted by Crippen LogP contribution is 2.44. The average Bonchev–Trinajstić information content (AvgIpc) is 3.53. The summed E-state index contributed by atoms with van der Waals surface area (Å²) in [5, 5.41) is 26.1. The Morgan fingerprint density at radius 1 is 1.49 bits per heavy atom. The van der Waals surface area contributed by atoms with E-state index in [2.05, 4.69) is 37.5 Å². The second kappa shape index (κ2) is 11.8. The molecule has 37 heavy (non-hydrogen) atoms. The first-order valence-electron chi connectivity index (χ1n) is 10.3. The number of oxime groups is 1. The van der Waals surface area contributed by atoms with Crippen molar-refractivity contribution in [3.8, 4) is 0 Å². The molecule has 0 aliphatic carbocycles. The minimum Gasteiger partial charge on any atom is -0.481 e. The van der Waals surface area contributed by atoms with Gasteiger partial charge in [-0.05, 0) is 0 Å². The van der Waals surface area contributed by atoms with Gasteiger partial charge in [-0.3, -0.25) is 19.2 Å². The summed E-state index contributed by atoms with van der Waals surface area (Å²) in [5.41, 5.74) is 0.0636. The van der Waals surface area contributed by atoms with E-state index in [0.717, 1.165) is 11.3 Å². The molecule has 13 nitrogen and oxygen atoms in total.